The molecule has 0 bridgehead atoms. The van der Waals surface area contributed by atoms with E-state index in [1.54, 1.807) is 18.2 Å². The van der Waals surface area contributed by atoms with Crippen LogP contribution >= 0.6 is 11.8 Å². The van der Waals surface area contributed by atoms with Gasteiger partial charge in [-0.25, -0.2) is 0 Å². The van der Waals surface area contributed by atoms with Crippen molar-refractivity contribution in [2.24, 2.45) is 0 Å². The number of phenols is 1. The van der Waals surface area contributed by atoms with Crippen LogP contribution in [0.2, 0.25) is 0 Å². The van der Waals surface area contributed by atoms with E-state index in [1.807, 2.05) is 11.8 Å². The predicted molar refractivity (Wildman–Crippen MR) is 77.1 cm³/mol. The third-order valence-corrected chi connectivity index (χ3v) is 4.63. The summed E-state index contributed by atoms with van der Waals surface area (Å²) < 4.78 is 5.00. The van der Waals surface area contributed by atoms with E-state index in [0.29, 0.717) is 17.5 Å². The van der Waals surface area contributed by atoms with Crippen molar-refractivity contribution in [3.05, 3.63) is 23.8 Å². The number of carbonyl (C=O) groups excluding carboxylic acids is 1. The first-order valence-electron chi connectivity index (χ1n) is 6.48. The summed E-state index contributed by atoms with van der Waals surface area (Å²) in [5.41, 5.74) is 0.264. The Bertz CT molecular complexity index is 444. The molecule has 1 unspecified atom stereocenters. The van der Waals surface area contributed by atoms with Gasteiger partial charge in [-0.2, -0.15) is 11.8 Å². The number of para-hydroxylation sites is 1. The molecule has 0 radical (unpaired) electrons. The SMILES string of the molecule is COc1cccc(C(=O)NCC2CCCCS2)c1O. The monoisotopic (exact) mass is 281 g/mol. The van der Waals surface area contributed by atoms with E-state index >= 15 is 0 Å². The van der Waals surface area contributed by atoms with Crippen LogP contribution in [0.25, 0.3) is 0 Å². The van der Waals surface area contributed by atoms with Gasteiger partial charge in [-0.15, -0.1) is 0 Å². The highest BCUT2D eigenvalue weighted by Gasteiger charge is 2.18. The Balaban J connectivity index is 1.95. The number of thioether (sulfide) groups is 1. The summed E-state index contributed by atoms with van der Waals surface area (Å²) in [6.45, 7) is 0.653. The van der Waals surface area contributed by atoms with Gasteiger partial charge in [0.25, 0.3) is 5.91 Å². The maximum atomic E-state index is 12.0. The van der Waals surface area contributed by atoms with Gasteiger partial charge in [0.2, 0.25) is 0 Å². The van der Waals surface area contributed by atoms with Crippen LogP contribution in [0, 0.1) is 0 Å². The first-order valence-corrected chi connectivity index (χ1v) is 7.53. The summed E-state index contributed by atoms with van der Waals surface area (Å²) >= 11 is 1.91. The first-order chi connectivity index (χ1) is 9.22. The van der Waals surface area contributed by atoms with Crippen molar-refractivity contribution in [3.8, 4) is 11.5 Å². The molecule has 104 valence electrons. The zero-order chi connectivity index (χ0) is 13.7. The second-order valence-corrected chi connectivity index (χ2v) is 5.96. The highest BCUT2D eigenvalue weighted by Crippen LogP contribution is 2.29. The highest BCUT2D eigenvalue weighted by molar-refractivity contribution is 7.99. The van der Waals surface area contributed by atoms with E-state index in [9.17, 15) is 9.90 Å². The number of phenolic OH excluding ortho intramolecular Hbond substituents is 1. The van der Waals surface area contributed by atoms with Crippen LogP contribution in [0.1, 0.15) is 29.6 Å². The molecule has 1 aliphatic rings. The number of aromatic hydroxyl groups is 1. The molecule has 4 nitrogen and oxygen atoms in total. The number of hydrogen-bond donors (Lipinski definition) is 2. The van der Waals surface area contributed by atoms with Gasteiger partial charge in [0, 0.05) is 11.8 Å². The Morgan fingerprint density at radius 3 is 3.05 bits per heavy atom. The smallest absolute Gasteiger partial charge is 0.255 e. The third kappa shape index (κ3) is 3.56. The van der Waals surface area contributed by atoms with Gasteiger partial charge >= 0.3 is 0 Å². The molecule has 1 amide bonds. The van der Waals surface area contributed by atoms with Gasteiger partial charge in [-0.05, 0) is 30.7 Å². The Kier molecular flexibility index (Phi) is 4.96. The quantitative estimate of drug-likeness (QED) is 0.890. The lowest BCUT2D eigenvalue weighted by Gasteiger charge is -2.21. The molecule has 1 saturated heterocycles. The molecule has 2 rings (SSSR count). The topological polar surface area (TPSA) is 58.6 Å². The number of methoxy groups -OCH3 is 1. The number of hydrogen-bond acceptors (Lipinski definition) is 4. The van der Waals surface area contributed by atoms with E-state index in [2.05, 4.69) is 5.32 Å². The van der Waals surface area contributed by atoms with E-state index in [-0.39, 0.29) is 17.2 Å². The molecular weight excluding hydrogens is 262 g/mol. The van der Waals surface area contributed by atoms with Crippen LogP contribution < -0.4 is 10.1 Å². The van der Waals surface area contributed by atoms with Crippen LogP contribution in [-0.2, 0) is 0 Å². The van der Waals surface area contributed by atoms with Gasteiger partial charge in [-0.1, -0.05) is 12.5 Å². The Morgan fingerprint density at radius 1 is 1.53 bits per heavy atom. The number of rotatable bonds is 4. The third-order valence-electron chi connectivity index (χ3n) is 3.23. The van der Waals surface area contributed by atoms with Crippen LogP contribution in [0.15, 0.2) is 18.2 Å². The van der Waals surface area contributed by atoms with Crippen molar-refractivity contribution in [1.82, 2.24) is 5.32 Å². The molecular formula is C14H19NO3S. The minimum Gasteiger partial charge on any atom is -0.504 e. The Labute approximate surface area is 117 Å². The van der Waals surface area contributed by atoms with Crippen LogP contribution in [0.5, 0.6) is 11.5 Å². The fourth-order valence-corrected chi connectivity index (χ4v) is 3.38. The maximum absolute atomic E-state index is 12.0. The van der Waals surface area contributed by atoms with Gasteiger partial charge in [0.05, 0.1) is 12.7 Å². The van der Waals surface area contributed by atoms with Crippen molar-refractivity contribution in [2.75, 3.05) is 19.4 Å². The molecule has 0 spiro atoms. The molecule has 19 heavy (non-hydrogen) atoms. The Morgan fingerprint density at radius 2 is 2.37 bits per heavy atom. The highest BCUT2D eigenvalue weighted by atomic mass is 32.2. The molecule has 1 heterocycles. The lowest BCUT2D eigenvalue weighted by molar-refractivity contribution is 0.0950. The second-order valence-electron chi connectivity index (χ2n) is 4.56. The van der Waals surface area contributed by atoms with Crippen LogP contribution in [0.3, 0.4) is 0 Å². The second kappa shape index (κ2) is 6.70. The molecule has 1 fully saturated rings. The summed E-state index contributed by atoms with van der Waals surface area (Å²) in [6.07, 6.45) is 3.65. The number of benzene rings is 1. The maximum Gasteiger partial charge on any atom is 0.255 e. The normalized spacial score (nSPS) is 18.9. The fourth-order valence-electron chi connectivity index (χ4n) is 2.14. The van der Waals surface area contributed by atoms with E-state index < -0.39 is 0 Å². The largest absolute Gasteiger partial charge is 0.504 e. The van der Waals surface area contributed by atoms with Gasteiger partial charge in [0.1, 0.15) is 0 Å². The lowest BCUT2D eigenvalue weighted by atomic mass is 10.1. The molecule has 0 aromatic heterocycles. The molecule has 1 aromatic rings. The summed E-state index contributed by atoms with van der Waals surface area (Å²) in [6, 6.07) is 4.92. The molecule has 0 aliphatic carbocycles. The summed E-state index contributed by atoms with van der Waals surface area (Å²) in [5.74, 6) is 1.14. The van der Waals surface area contributed by atoms with Crippen molar-refractivity contribution < 1.29 is 14.6 Å². The zero-order valence-electron chi connectivity index (χ0n) is 11.0. The van der Waals surface area contributed by atoms with E-state index in [0.717, 1.165) is 6.42 Å². The van der Waals surface area contributed by atoms with Crippen molar-refractivity contribution in [1.29, 1.82) is 0 Å². The summed E-state index contributed by atoms with van der Waals surface area (Å²) in [5, 5.41) is 13.3. The molecule has 1 aromatic carbocycles. The lowest BCUT2D eigenvalue weighted by Crippen LogP contribution is -2.31. The number of nitrogens with one attached hydrogen (secondary N) is 1. The van der Waals surface area contributed by atoms with Crippen molar-refractivity contribution >= 4 is 17.7 Å². The van der Waals surface area contributed by atoms with E-state index in [4.69, 9.17) is 4.74 Å². The minimum atomic E-state index is -0.248. The van der Waals surface area contributed by atoms with E-state index in [1.165, 1.54) is 25.7 Å². The number of carbonyl (C=O) groups is 1. The van der Waals surface area contributed by atoms with Gasteiger partial charge in [-0.3, -0.25) is 4.79 Å². The number of amides is 1. The molecule has 1 atom stereocenters. The molecule has 2 N–H and O–H groups in total. The average molecular weight is 281 g/mol. The van der Waals surface area contributed by atoms with Crippen molar-refractivity contribution in [2.45, 2.75) is 24.5 Å². The zero-order valence-corrected chi connectivity index (χ0v) is 11.8. The van der Waals surface area contributed by atoms with Gasteiger partial charge in [0.15, 0.2) is 11.5 Å². The van der Waals surface area contributed by atoms with Gasteiger partial charge < -0.3 is 15.2 Å². The number of ether oxygens (including phenoxy) is 1. The van der Waals surface area contributed by atoms with Crippen LogP contribution in [-0.4, -0.2) is 35.7 Å². The summed E-state index contributed by atoms with van der Waals surface area (Å²) in [4.78, 5) is 12.0. The van der Waals surface area contributed by atoms with Crippen LogP contribution in [0.4, 0.5) is 0 Å². The minimum absolute atomic E-state index is 0.0983. The first kappa shape index (κ1) is 14.1. The average Bonchev–Trinajstić information content (AvgIpc) is 2.46. The predicted octanol–water partition coefficient (Wildman–Crippen LogP) is 2.42. The standard InChI is InChI=1S/C14H19NO3S/c1-18-12-7-4-6-11(13(12)16)14(17)15-9-10-5-2-3-8-19-10/h4,6-7,10,16H,2-3,5,8-9H2,1H3,(H,15,17). The molecule has 1 aliphatic heterocycles. The molecule has 5 heteroatoms. The summed E-state index contributed by atoms with van der Waals surface area (Å²) in [7, 11) is 1.47. The molecule has 0 saturated carbocycles. The fraction of sp³-hybridized carbons (Fsp3) is 0.500. The van der Waals surface area contributed by atoms with Crippen molar-refractivity contribution in [3.63, 3.8) is 0 Å². The Hall–Kier alpha value is -1.36.